The summed E-state index contributed by atoms with van der Waals surface area (Å²) in [5.41, 5.74) is -1.37. The van der Waals surface area contributed by atoms with Crippen LogP contribution in [-0.2, 0) is 16.0 Å². The Morgan fingerprint density at radius 3 is 2.48 bits per heavy atom. The number of hydrogen-bond acceptors (Lipinski definition) is 4. The summed E-state index contributed by atoms with van der Waals surface area (Å²) >= 11 is 11.5. The summed E-state index contributed by atoms with van der Waals surface area (Å²) in [5, 5.41) is 3.22. The number of amides is 2. The van der Waals surface area contributed by atoms with E-state index in [-0.39, 0.29) is 44.2 Å². The van der Waals surface area contributed by atoms with Gasteiger partial charge in [-0.05, 0) is 37.0 Å². The zero-order valence-electron chi connectivity index (χ0n) is 17.6. The maximum absolute atomic E-state index is 13.9. The van der Waals surface area contributed by atoms with Crippen molar-refractivity contribution in [2.45, 2.75) is 55.7 Å². The number of alkyl halides is 4. The number of nitrogens with zero attached hydrogens (tertiary/aromatic N) is 3. The fourth-order valence-electron chi connectivity index (χ4n) is 3.82. The molecule has 0 radical (unpaired) electrons. The predicted molar refractivity (Wildman–Crippen MR) is 118 cm³/mol. The van der Waals surface area contributed by atoms with E-state index in [9.17, 15) is 22.8 Å². The Labute approximate surface area is 199 Å². The van der Waals surface area contributed by atoms with Gasteiger partial charge in [0.2, 0.25) is 11.8 Å². The van der Waals surface area contributed by atoms with Crippen molar-refractivity contribution in [3.63, 3.8) is 0 Å². The van der Waals surface area contributed by atoms with Crippen LogP contribution in [0.1, 0.15) is 42.9 Å². The van der Waals surface area contributed by atoms with Crippen LogP contribution in [0.5, 0.6) is 0 Å². The molecular formula is C22H23Cl2F3N4O2. The van der Waals surface area contributed by atoms with Gasteiger partial charge in [0.15, 0.2) is 0 Å². The average Bonchev–Trinajstić information content (AvgIpc) is 2.78. The summed E-state index contributed by atoms with van der Waals surface area (Å²) < 4.78 is 40.9. The first kappa shape index (κ1) is 25.2. The van der Waals surface area contributed by atoms with E-state index in [1.807, 2.05) is 0 Å². The molecule has 178 valence electrons. The van der Waals surface area contributed by atoms with E-state index in [4.69, 9.17) is 23.2 Å². The maximum atomic E-state index is 13.9. The van der Waals surface area contributed by atoms with Crippen molar-refractivity contribution in [3.05, 3.63) is 59.1 Å². The predicted octanol–water partition coefficient (Wildman–Crippen LogP) is 4.47. The lowest BCUT2D eigenvalue weighted by Crippen LogP contribution is -2.49. The second-order valence-corrected chi connectivity index (χ2v) is 8.75. The molecular weight excluding hydrogens is 480 g/mol. The average molecular weight is 503 g/mol. The van der Waals surface area contributed by atoms with Gasteiger partial charge < -0.3 is 10.2 Å². The number of benzene rings is 1. The van der Waals surface area contributed by atoms with Gasteiger partial charge in [-0.3, -0.25) is 9.59 Å². The van der Waals surface area contributed by atoms with Crippen molar-refractivity contribution in [2.75, 3.05) is 6.54 Å². The molecule has 0 aliphatic heterocycles. The van der Waals surface area contributed by atoms with Crippen LogP contribution in [0.15, 0.2) is 43.0 Å². The van der Waals surface area contributed by atoms with Gasteiger partial charge in [0.25, 0.3) is 11.5 Å². The fraction of sp³-hybridized carbons (Fsp3) is 0.455. The molecule has 3 rings (SSSR count). The Hall–Kier alpha value is -2.39. The first-order valence-corrected chi connectivity index (χ1v) is 11.2. The zero-order chi connectivity index (χ0) is 24.0. The standard InChI is InChI=1S/C22H23Cl2F3N4O2/c23-16-3-1-2-14(10-16)6-9-31(21(33)19(24)25)18(15-11-28-13-29-12-15)20(32)30-17-4-7-22(26,27)8-5-17/h1-3,10-13,17-19H,4-9H2,(H,30,32)/t18-,19+/m1/s1. The van der Waals surface area contributed by atoms with Crippen LogP contribution in [-0.4, -0.2) is 50.8 Å². The smallest absolute Gasteiger partial charge is 0.273 e. The fourth-order valence-corrected chi connectivity index (χ4v) is 4.16. The molecule has 1 N–H and O–H groups in total. The minimum atomic E-state index is -2.76. The van der Waals surface area contributed by atoms with E-state index in [1.165, 1.54) is 18.7 Å². The molecule has 1 heterocycles. The van der Waals surface area contributed by atoms with Crippen LogP contribution < -0.4 is 5.32 Å². The van der Waals surface area contributed by atoms with Crippen LogP contribution in [0.25, 0.3) is 0 Å². The Morgan fingerprint density at radius 2 is 1.88 bits per heavy atom. The molecule has 0 bridgehead atoms. The largest absolute Gasteiger partial charge is 0.351 e. The number of aromatic nitrogens is 2. The highest BCUT2D eigenvalue weighted by molar-refractivity contribution is 6.30. The number of hydrogen-bond donors (Lipinski definition) is 1. The zero-order valence-corrected chi connectivity index (χ0v) is 19.1. The first-order valence-electron chi connectivity index (χ1n) is 10.4. The van der Waals surface area contributed by atoms with Gasteiger partial charge in [-0.2, -0.15) is 0 Å². The molecule has 1 aliphatic rings. The second kappa shape index (κ2) is 11.2. The first-order chi connectivity index (χ1) is 15.7. The quantitative estimate of drug-likeness (QED) is 0.540. The highest BCUT2D eigenvalue weighted by atomic mass is 35.5. The Kier molecular flexibility index (Phi) is 8.53. The Morgan fingerprint density at radius 1 is 1.21 bits per heavy atom. The summed E-state index contributed by atoms with van der Waals surface area (Å²) in [6.07, 6.45) is 3.69. The number of halogens is 5. The van der Waals surface area contributed by atoms with Crippen LogP contribution in [0.4, 0.5) is 13.2 Å². The minimum Gasteiger partial charge on any atom is -0.351 e. The maximum Gasteiger partial charge on any atom is 0.273 e. The number of rotatable bonds is 8. The Bertz CT molecular complexity index is 956. The van der Waals surface area contributed by atoms with Crippen LogP contribution in [0, 0.1) is 0 Å². The van der Waals surface area contributed by atoms with Crippen LogP contribution in [0.2, 0.25) is 5.02 Å². The normalized spacial score (nSPS) is 17.7. The molecule has 2 aromatic rings. The van der Waals surface area contributed by atoms with Crippen molar-refractivity contribution in [2.24, 2.45) is 0 Å². The summed E-state index contributed by atoms with van der Waals surface area (Å²) in [6.45, 7) is -0.0535. The molecule has 33 heavy (non-hydrogen) atoms. The monoisotopic (exact) mass is 502 g/mol. The summed E-state index contributed by atoms with van der Waals surface area (Å²) in [6, 6.07) is 5.11. The van der Waals surface area contributed by atoms with E-state index in [1.54, 1.807) is 24.3 Å². The number of carbonyl (C=O) groups excluding carboxylic acids is 2. The molecule has 1 aromatic heterocycles. The number of carbonyl (C=O) groups is 2. The third-order valence-electron chi connectivity index (χ3n) is 5.52. The van der Waals surface area contributed by atoms with Gasteiger partial charge in [0.05, 0.1) is 0 Å². The lowest BCUT2D eigenvalue weighted by atomic mass is 9.92. The van der Waals surface area contributed by atoms with E-state index in [0.717, 1.165) is 10.5 Å². The molecule has 2 atom stereocenters. The van der Waals surface area contributed by atoms with Crippen molar-refractivity contribution < 1.29 is 22.8 Å². The van der Waals surface area contributed by atoms with Crippen molar-refractivity contribution in [1.29, 1.82) is 0 Å². The van der Waals surface area contributed by atoms with E-state index in [0.29, 0.717) is 5.02 Å². The summed E-state index contributed by atoms with van der Waals surface area (Å²) in [4.78, 5) is 34.8. The van der Waals surface area contributed by atoms with E-state index in [2.05, 4.69) is 15.3 Å². The molecule has 0 spiro atoms. The Balaban J connectivity index is 1.85. The molecule has 1 aromatic carbocycles. The van der Waals surface area contributed by atoms with Gasteiger partial charge in [-0.25, -0.2) is 23.1 Å². The van der Waals surface area contributed by atoms with E-state index < -0.39 is 35.5 Å². The third kappa shape index (κ3) is 7.04. The third-order valence-corrected chi connectivity index (χ3v) is 5.94. The highest BCUT2D eigenvalue weighted by Crippen LogP contribution is 2.33. The van der Waals surface area contributed by atoms with Crippen molar-refractivity contribution in [3.8, 4) is 0 Å². The van der Waals surface area contributed by atoms with Crippen molar-refractivity contribution in [1.82, 2.24) is 20.2 Å². The molecule has 1 fully saturated rings. The van der Waals surface area contributed by atoms with Gasteiger partial charge in [-0.15, -0.1) is 0 Å². The summed E-state index contributed by atoms with van der Waals surface area (Å²) in [7, 11) is 0. The van der Waals surface area contributed by atoms with Gasteiger partial charge in [-0.1, -0.05) is 35.3 Å². The molecule has 1 saturated carbocycles. The molecule has 6 nitrogen and oxygen atoms in total. The van der Waals surface area contributed by atoms with Crippen molar-refractivity contribution >= 4 is 35.0 Å². The molecule has 2 amide bonds. The number of nitrogens with one attached hydrogen (secondary N) is 1. The minimum absolute atomic E-state index is 0.0535. The van der Waals surface area contributed by atoms with E-state index >= 15 is 0 Å². The molecule has 11 heteroatoms. The van der Waals surface area contributed by atoms with Gasteiger partial charge in [0, 0.05) is 48.4 Å². The topological polar surface area (TPSA) is 75.2 Å². The van der Waals surface area contributed by atoms with Gasteiger partial charge >= 0.3 is 0 Å². The lowest BCUT2D eigenvalue weighted by molar-refractivity contribution is -0.143. The van der Waals surface area contributed by atoms with Crippen LogP contribution in [0.3, 0.4) is 0 Å². The lowest BCUT2D eigenvalue weighted by Gasteiger charge is -2.34. The molecule has 0 unspecified atom stereocenters. The SMILES string of the molecule is O=C(NC1CCC(F)(F)CC1)[C@@H](c1cncnc1)N(CCc1cccc(Cl)c1)C(=O)[C@H](F)Cl. The van der Waals surface area contributed by atoms with Gasteiger partial charge in [0.1, 0.15) is 12.4 Å². The van der Waals surface area contributed by atoms with Crippen LogP contribution >= 0.6 is 23.2 Å². The highest BCUT2D eigenvalue weighted by Gasteiger charge is 2.39. The molecule has 1 aliphatic carbocycles. The molecule has 0 saturated heterocycles. The summed E-state index contributed by atoms with van der Waals surface area (Å²) in [5.74, 6) is -4.50. The second-order valence-electron chi connectivity index (χ2n) is 7.93.